The summed E-state index contributed by atoms with van der Waals surface area (Å²) in [5.41, 5.74) is 4.99. The Morgan fingerprint density at radius 3 is 1.92 bits per heavy atom. The van der Waals surface area contributed by atoms with Gasteiger partial charge in [-0.25, -0.2) is 9.59 Å². The summed E-state index contributed by atoms with van der Waals surface area (Å²) in [6.07, 6.45) is 0.829. The van der Waals surface area contributed by atoms with Crippen LogP contribution in [0.1, 0.15) is 57.0 Å². The summed E-state index contributed by atoms with van der Waals surface area (Å²) in [6.45, 7) is 0.206. The van der Waals surface area contributed by atoms with E-state index in [1.165, 1.54) is 12.1 Å². The Hall–Kier alpha value is -4.46. The Morgan fingerprint density at radius 1 is 0.784 bits per heavy atom. The molecule has 0 saturated heterocycles. The number of hydrogen-bond donors (Lipinski definition) is 1. The Labute approximate surface area is 213 Å². The van der Waals surface area contributed by atoms with Crippen molar-refractivity contribution in [2.24, 2.45) is 5.92 Å². The molecule has 3 aromatic carbocycles. The van der Waals surface area contributed by atoms with E-state index < -0.39 is 29.8 Å². The average molecular weight is 497 g/mol. The van der Waals surface area contributed by atoms with E-state index in [1.54, 1.807) is 12.1 Å². The number of nitrogens with zero attached hydrogens (tertiary/aromatic N) is 1. The number of hydroxylamine groups is 2. The van der Waals surface area contributed by atoms with Gasteiger partial charge in [-0.1, -0.05) is 65.7 Å². The van der Waals surface area contributed by atoms with Gasteiger partial charge in [0.05, 0.1) is 17.0 Å². The number of benzene rings is 3. The zero-order valence-electron chi connectivity index (χ0n) is 19.9. The predicted molar refractivity (Wildman–Crippen MR) is 132 cm³/mol. The zero-order valence-corrected chi connectivity index (χ0v) is 19.9. The minimum atomic E-state index is -0.661. The van der Waals surface area contributed by atoms with Crippen LogP contribution in [0.25, 0.3) is 11.1 Å². The highest BCUT2D eigenvalue weighted by molar-refractivity contribution is 6.20. The third kappa shape index (κ3) is 4.04. The van der Waals surface area contributed by atoms with Crippen LogP contribution in [0.2, 0.25) is 0 Å². The summed E-state index contributed by atoms with van der Waals surface area (Å²) in [5, 5.41) is 3.37. The topological polar surface area (TPSA) is 102 Å². The number of hydrogen-bond acceptors (Lipinski definition) is 6. The second-order valence-electron chi connectivity index (χ2n) is 9.54. The number of imide groups is 1. The van der Waals surface area contributed by atoms with Crippen molar-refractivity contribution in [3.63, 3.8) is 0 Å². The smallest absolute Gasteiger partial charge is 0.407 e. The molecular weight excluding hydrogens is 472 g/mol. The van der Waals surface area contributed by atoms with Crippen LogP contribution in [-0.2, 0) is 14.4 Å². The van der Waals surface area contributed by atoms with Crippen molar-refractivity contribution in [1.82, 2.24) is 10.4 Å². The van der Waals surface area contributed by atoms with Gasteiger partial charge >= 0.3 is 12.1 Å². The Balaban J connectivity index is 1.02. The molecule has 8 heteroatoms. The Bertz CT molecular complexity index is 1350. The maximum atomic E-state index is 12.7. The van der Waals surface area contributed by atoms with Gasteiger partial charge < -0.3 is 14.9 Å². The molecule has 0 aromatic heterocycles. The van der Waals surface area contributed by atoms with Crippen LogP contribution in [0.15, 0.2) is 72.8 Å². The highest BCUT2D eigenvalue weighted by atomic mass is 16.7. The summed E-state index contributed by atoms with van der Waals surface area (Å²) >= 11 is 0. The first-order chi connectivity index (χ1) is 18.0. The van der Waals surface area contributed by atoms with Crippen molar-refractivity contribution in [1.29, 1.82) is 0 Å². The standard InChI is InChI=1S/C29H24N2O6/c32-26-23-11-5-6-12-24(23)27(33)31(26)37-28(34)17-13-14-18(15-17)30-29(35)36-16-25-21-9-3-1-7-19(21)20-8-2-4-10-22(20)25/h1-12,17-18,25H,13-16H2,(H,30,35)/t17-,18+/m1/s1. The largest absolute Gasteiger partial charge is 0.449 e. The van der Waals surface area contributed by atoms with Crippen molar-refractivity contribution in [3.8, 4) is 11.1 Å². The second kappa shape index (κ2) is 9.20. The van der Waals surface area contributed by atoms with E-state index in [1.807, 2.05) is 24.3 Å². The molecule has 1 N–H and O–H groups in total. The molecule has 37 heavy (non-hydrogen) atoms. The monoisotopic (exact) mass is 496 g/mol. The minimum absolute atomic E-state index is 0.0379. The fourth-order valence-corrected chi connectivity index (χ4v) is 5.55. The maximum Gasteiger partial charge on any atom is 0.407 e. The highest BCUT2D eigenvalue weighted by Crippen LogP contribution is 2.44. The number of alkyl carbamates (subject to hydrolysis) is 1. The van der Waals surface area contributed by atoms with E-state index in [0.29, 0.717) is 24.3 Å². The molecule has 1 aliphatic heterocycles. The van der Waals surface area contributed by atoms with E-state index in [0.717, 1.165) is 22.3 Å². The molecule has 0 radical (unpaired) electrons. The van der Waals surface area contributed by atoms with Crippen LogP contribution in [0.3, 0.4) is 0 Å². The first-order valence-electron chi connectivity index (χ1n) is 12.3. The Kier molecular flexibility index (Phi) is 5.71. The van der Waals surface area contributed by atoms with E-state index in [-0.39, 0.29) is 29.7 Å². The molecular formula is C29H24N2O6. The number of carbonyl (C=O) groups is 4. The van der Waals surface area contributed by atoms with Gasteiger partial charge in [0.15, 0.2) is 0 Å². The summed E-state index contributed by atoms with van der Waals surface area (Å²) in [6, 6.07) is 22.3. The van der Waals surface area contributed by atoms with E-state index in [4.69, 9.17) is 9.57 Å². The molecule has 0 spiro atoms. The van der Waals surface area contributed by atoms with Gasteiger partial charge in [-0.3, -0.25) is 9.59 Å². The lowest BCUT2D eigenvalue weighted by atomic mass is 9.98. The normalized spacial score (nSPS) is 19.8. The molecule has 0 unspecified atom stereocenters. The van der Waals surface area contributed by atoms with Crippen LogP contribution in [0.5, 0.6) is 0 Å². The van der Waals surface area contributed by atoms with Crippen LogP contribution < -0.4 is 5.32 Å². The lowest BCUT2D eigenvalue weighted by molar-refractivity contribution is -0.173. The van der Waals surface area contributed by atoms with Crippen molar-refractivity contribution >= 4 is 23.9 Å². The van der Waals surface area contributed by atoms with Crippen LogP contribution >= 0.6 is 0 Å². The lowest BCUT2D eigenvalue weighted by Gasteiger charge is -2.17. The SMILES string of the molecule is O=C(N[C@H]1CC[C@@H](C(=O)ON2C(=O)c3ccccc3C2=O)C1)OCC1c2ccccc2-c2ccccc21. The Morgan fingerprint density at radius 2 is 1.32 bits per heavy atom. The number of amides is 3. The third-order valence-corrected chi connectivity index (χ3v) is 7.37. The number of fused-ring (bicyclic) bond motifs is 4. The van der Waals surface area contributed by atoms with E-state index in [9.17, 15) is 19.2 Å². The van der Waals surface area contributed by atoms with Crippen LogP contribution in [-0.4, -0.2) is 41.6 Å². The minimum Gasteiger partial charge on any atom is -0.449 e. The number of rotatable bonds is 5. The first kappa shape index (κ1) is 23.0. The van der Waals surface area contributed by atoms with Gasteiger partial charge in [0, 0.05) is 12.0 Å². The van der Waals surface area contributed by atoms with Gasteiger partial charge in [0.2, 0.25) is 0 Å². The zero-order chi connectivity index (χ0) is 25.5. The third-order valence-electron chi connectivity index (χ3n) is 7.37. The fourth-order valence-electron chi connectivity index (χ4n) is 5.55. The molecule has 2 aliphatic carbocycles. The molecule has 186 valence electrons. The molecule has 3 aliphatic rings. The predicted octanol–water partition coefficient (Wildman–Crippen LogP) is 4.45. The van der Waals surface area contributed by atoms with Crippen molar-refractivity contribution in [2.75, 3.05) is 6.61 Å². The van der Waals surface area contributed by atoms with Gasteiger partial charge in [0.25, 0.3) is 11.8 Å². The molecule has 2 atom stereocenters. The van der Waals surface area contributed by atoms with Gasteiger partial charge in [-0.05, 0) is 53.6 Å². The molecule has 1 saturated carbocycles. The molecule has 0 bridgehead atoms. The van der Waals surface area contributed by atoms with E-state index >= 15 is 0 Å². The molecule has 3 amide bonds. The molecule has 3 aromatic rings. The number of ether oxygens (including phenoxy) is 1. The van der Waals surface area contributed by atoms with Crippen LogP contribution in [0, 0.1) is 5.92 Å². The fraction of sp³-hybridized carbons (Fsp3) is 0.241. The summed E-state index contributed by atoms with van der Waals surface area (Å²) in [5.74, 6) is -2.54. The molecule has 1 fully saturated rings. The van der Waals surface area contributed by atoms with Crippen molar-refractivity contribution in [3.05, 3.63) is 95.1 Å². The number of carbonyl (C=O) groups excluding carboxylic acids is 4. The molecule has 1 heterocycles. The quantitative estimate of drug-likeness (QED) is 0.524. The van der Waals surface area contributed by atoms with Gasteiger partial charge in [0.1, 0.15) is 6.61 Å². The molecule has 6 rings (SSSR count). The maximum absolute atomic E-state index is 12.7. The lowest BCUT2D eigenvalue weighted by Crippen LogP contribution is -2.36. The van der Waals surface area contributed by atoms with Crippen molar-refractivity contribution < 1.29 is 28.8 Å². The summed E-state index contributed by atoms with van der Waals surface area (Å²) < 4.78 is 5.61. The highest BCUT2D eigenvalue weighted by Gasteiger charge is 2.41. The summed E-state index contributed by atoms with van der Waals surface area (Å²) in [7, 11) is 0. The van der Waals surface area contributed by atoms with E-state index in [2.05, 4.69) is 29.6 Å². The van der Waals surface area contributed by atoms with Crippen molar-refractivity contribution in [2.45, 2.75) is 31.2 Å². The second-order valence-corrected chi connectivity index (χ2v) is 9.54. The first-order valence-corrected chi connectivity index (χ1v) is 12.3. The molecule has 8 nitrogen and oxygen atoms in total. The average Bonchev–Trinajstić information content (AvgIpc) is 3.58. The number of nitrogens with one attached hydrogen (secondary N) is 1. The summed E-state index contributed by atoms with van der Waals surface area (Å²) in [4.78, 5) is 55.4. The van der Waals surface area contributed by atoms with Gasteiger partial charge in [-0.15, -0.1) is 0 Å². The van der Waals surface area contributed by atoms with Gasteiger partial charge in [-0.2, -0.15) is 0 Å². The van der Waals surface area contributed by atoms with Crippen LogP contribution in [0.4, 0.5) is 4.79 Å².